The van der Waals surface area contributed by atoms with Gasteiger partial charge in [0, 0.05) is 35.5 Å². The van der Waals surface area contributed by atoms with Crippen molar-refractivity contribution in [3.05, 3.63) is 89.5 Å². The predicted octanol–water partition coefficient (Wildman–Crippen LogP) is 4.96. The zero-order valence-corrected chi connectivity index (χ0v) is 17.1. The van der Waals surface area contributed by atoms with E-state index in [2.05, 4.69) is 11.4 Å². The summed E-state index contributed by atoms with van der Waals surface area (Å²) in [6.07, 6.45) is 0. The van der Waals surface area contributed by atoms with Gasteiger partial charge in [-0.15, -0.1) is 0 Å². The molecule has 3 aromatic carbocycles. The van der Waals surface area contributed by atoms with Crippen molar-refractivity contribution in [2.75, 3.05) is 18.4 Å². The van der Waals surface area contributed by atoms with Gasteiger partial charge in [-0.05, 0) is 55.8 Å². The van der Waals surface area contributed by atoms with Crippen molar-refractivity contribution in [2.45, 2.75) is 13.8 Å². The summed E-state index contributed by atoms with van der Waals surface area (Å²) in [6, 6.07) is 23.5. The van der Waals surface area contributed by atoms with Crippen molar-refractivity contribution >= 4 is 17.5 Å². The lowest BCUT2D eigenvalue weighted by molar-refractivity contribution is 0.0773. The smallest absolute Gasteiger partial charge is 0.256 e. The Bertz CT molecular complexity index is 1090. The third-order valence-corrected chi connectivity index (χ3v) is 4.95. The van der Waals surface area contributed by atoms with Crippen molar-refractivity contribution < 1.29 is 9.59 Å². The van der Waals surface area contributed by atoms with Crippen molar-refractivity contribution in [2.24, 2.45) is 0 Å². The van der Waals surface area contributed by atoms with E-state index in [0.717, 1.165) is 0 Å². The van der Waals surface area contributed by atoms with Crippen LogP contribution in [-0.2, 0) is 0 Å². The fourth-order valence-electron chi connectivity index (χ4n) is 3.32. The SMILES string of the molecule is CCN(CC)C(=O)c1ccc(NC(=O)c2ccccc2-c2ccccc2C#N)cc1. The maximum Gasteiger partial charge on any atom is 0.256 e. The molecule has 0 unspecified atom stereocenters. The minimum Gasteiger partial charge on any atom is -0.339 e. The van der Waals surface area contributed by atoms with E-state index in [1.807, 2.05) is 38.1 Å². The standard InChI is InChI=1S/C25H23N3O2/c1-3-28(4-2)25(30)18-13-15-20(16-14-18)27-24(29)23-12-8-7-11-22(23)21-10-6-5-9-19(21)17-26/h5-16H,3-4H2,1-2H3,(H,27,29). The number of hydrogen-bond donors (Lipinski definition) is 1. The Balaban J connectivity index is 1.84. The van der Waals surface area contributed by atoms with Gasteiger partial charge in [-0.3, -0.25) is 9.59 Å². The number of rotatable bonds is 6. The Morgan fingerprint density at radius 1 is 0.867 bits per heavy atom. The molecular weight excluding hydrogens is 374 g/mol. The van der Waals surface area contributed by atoms with Crippen LogP contribution in [0.1, 0.15) is 40.1 Å². The summed E-state index contributed by atoms with van der Waals surface area (Å²) in [7, 11) is 0. The van der Waals surface area contributed by atoms with Gasteiger partial charge in [0.25, 0.3) is 11.8 Å². The molecule has 0 spiro atoms. The van der Waals surface area contributed by atoms with Crippen LogP contribution in [0, 0.1) is 11.3 Å². The van der Waals surface area contributed by atoms with Gasteiger partial charge in [0.2, 0.25) is 0 Å². The molecule has 0 atom stereocenters. The lowest BCUT2D eigenvalue weighted by atomic mass is 9.95. The second-order valence-electron chi connectivity index (χ2n) is 6.71. The van der Waals surface area contributed by atoms with Gasteiger partial charge in [0.1, 0.15) is 0 Å². The molecule has 0 bridgehead atoms. The number of carbonyl (C=O) groups excluding carboxylic acids is 2. The number of amides is 2. The molecule has 150 valence electrons. The Kier molecular flexibility index (Phi) is 6.61. The zero-order valence-electron chi connectivity index (χ0n) is 17.1. The van der Waals surface area contributed by atoms with Crippen LogP contribution in [0.25, 0.3) is 11.1 Å². The highest BCUT2D eigenvalue weighted by atomic mass is 16.2. The van der Waals surface area contributed by atoms with Crippen LogP contribution >= 0.6 is 0 Å². The Hall–Kier alpha value is -3.91. The van der Waals surface area contributed by atoms with E-state index in [1.54, 1.807) is 53.4 Å². The average molecular weight is 397 g/mol. The zero-order chi connectivity index (χ0) is 21.5. The van der Waals surface area contributed by atoms with Gasteiger partial charge in [0.15, 0.2) is 0 Å². The number of carbonyl (C=O) groups is 2. The van der Waals surface area contributed by atoms with Gasteiger partial charge >= 0.3 is 0 Å². The quantitative estimate of drug-likeness (QED) is 0.639. The molecule has 2 amide bonds. The second kappa shape index (κ2) is 9.53. The summed E-state index contributed by atoms with van der Waals surface area (Å²) in [5.74, 6) is -0.308. The van der Waals surface area contributed by atoms with E-state index < -0.39 is 0 Å². The van der Waals surface area contributed by atoms with E-state index in [9.17, 15) is 14.9 Å². The fraction of sp³-hybridized carbons (Fsp3) is 0.160. The van der Waals surface area contributed by atoms with Gasteiger partial charge in [0.05, 0.1) is 11.6 Å². The van der Waals surface area contributed by atoms with Crippen molar-refractivity contribution in [1.29, 1.82) is 5.26 Å². The van der Waals surface area contributed by atoms with E-state index in [0.29, 0.717) is 46.6 Å². The maximum atomic E-state index is 13.0. The largest absolute Gasteiger partial charge is 0.339 e. The van der Waals surface area contributed by atoms with Crippen LogP contribution in [0.4, 0.5) is 5.69 Å². The van der Waals surface area contributed by atoms with Crippen molar-refractivity contribution in [1.82, 2.24) is 4.90 Å². The average Bonchev–Trinajstić information content (AvgIpc) is 2.80. The van der Waals surface area contributed by atoms with E-state index in [1.165, 1.54) is 0 Å². The summed E-state index contributed by atoms with van der Waals surface area (Å²) in [5, 5.41) is 12.3. The Labute approximate surface area is 176 Å². The number of benzene rings is 3. The minimum atomic E-state index is -0.277. The molecule has 0 aliphatic rings. The molecule has 0 saturated heterocycles. The lowest BCUT2D eigenvalue weighted by Crippen LogP contribution is -2.30. The van der Waals surface area contributed by atoms with Crippen molar-refractivity contribution in [3.8, 4) is 17.2 Å². The van der Waals surface area contributed by atoms with Crippen LogP contribution in [-0.4, -0.2) is 29.8 Å². The van der Waals surface area contributed by atoms with E-state index >= 15 is 0 Å². The maximum absolute atomic E-state index is 13.0. The lowest BCUT2D eigenvalue weighted by Gasteiger charge is -2.18. The first-order chi connectivity index (χ1) is 14.6. The molecular formula is C25H23N3O2. The number of nitriles is 1. The highest BCUT2D eigenvalue weighted by Crippen LogP contribution is 2.27. The highest BCUT2D eigenvalue weighted by Gasteiger charge is 2.16. The molecule has 5 heteroatoms. The first-order valence-electron chi connectivity index (χ1n) is 9.88. The monoisotopic (exact) mass is 397 g/mol. The molecule has 0 saturated carbocycles. The number of hydrogen-bond acceptors (Lipinski definition) is 3. The Morgan fingerprint density at radius 3 is 2.10 bits per heavy atom. The third kappa shape index (κ3) is 4.39. The first-order valence-corrected chi connectivity index (χ1v) is 9.88. The predicted molar refractivity (Wildman–Crippen MR) is 118 cm³/mol. The van der Waals surface area contributed by atoms with Gasteiger partial charge in [-0.1, -0.05) is 36.4 Å². The first kappa shape index (κ1) is 20.8. The third-order valence-electron chi connectivity index (χ3n) is 4.95. The van der Waals surface area contributed by atoms with E-state index in [-0.39, 0.29) is 11.8 Å². The summed E-state index contributed by atoms with van der Waals surface area (Å²) in [5.41, 5.74) is 3.58. The van der Waals surface area contributed by atoms with Crippen LogP contribution in [0.3, 0.4) is 0 Å². The number of anilines is 1. The molecule has 0 aromatic heterocycles. The molecule has 3 aromatic rings. The normalized spacial score (nSPS) is 10.2. The highest BCUT2D eigenvalue weighted by molar-refractivity contribution is 6.09. The molecule has 30 heavy (non-hydrogen) atoms. The summed E-state index contributed by atoms with van der Waals surface area (Å²) < 4.78 is 0. The summed E-state index contributed by atoms with van der Waals surface area (Å²) in [6.45, 7) is 5.18. The molecule has 5 nitrogen and oxygen atoms in total. The van der Waals surface area contributed by atoms with Crippen LogP contribution < -0.4 is 5.32 Å². The second-order valence-corrected chi connectivity index (χ2v) is 6.71. The molecule has 3 rings (SSSR count). The molecule has 1 N–H and O–H groups in total. The minimum absolute atomic E-state index is 0.0312. The van der Waals surface area contributed by atoms with Crippen LogP contribution in [0.2, 0.25) is 0 Å². The number of nitrogens with zero attached hydrogens (tertiary/aromatic N) is 2. The van der Waals surface area contributed by atoms with E-state index in [4.69, 9.17) is 0 Å². The molecule has 0 heterocycles. The van der Waals surface area contributed by atoms with Gasteiger partial charge in [-0.25, -0.2) is 0 Å². The Morgan fingerprint density at radius 2 is 1.47 bits per heavy atom. The van der Waals surface area contributed by atoms with Crippen molar-refractivity contribution in [3.63, 3.8) is 0 Å². The topological polar surface area (TPSA) is 73.2 Å². The molecule has 0 aliphatic heterocycles. The van der Waals surface area contributed by atoms with Crippen LogP contribution in [0.15, 0.2) is 72.8 Å². The molecule has 0 aliphatic carbocycles. The summed E-state index contributed by atoms with van der Waals surface area (Å²) in [4.78, 5) is 27.1. The summed E-state index contributed by atoms with van der Waals surface area (Å²) >= 11 is 0. The molecule has 0 radical (unpaired) electrons. The number of nitrogens with one attached hydrogen (secondary N) is 1. The van der Waals surface area contributed by atoms with Gasteiger partial charge < -0.3 is 10.2 Å². The fourth-order valence-corrected chi connectivity index (χ4v) is 3.32. The van der Waals surface area contributed by atoms with Gasteiger partial charge in [-0.2, -0.15) is 5.26 Å². The molecule has 0 fully saturated rings. The van der Waals surface area contributed by atoms with Crippen LogP contribution in [0.5, 0.6) is 0 Å².